The minimum absolute atomic E-state index is 0.0850. The van der Waals surface area contributed by atoms with E-state index in [1.54, 1.807) is 23.4 Å². The minimum atomic E-state index is -0.170. The first-order valence-corrected chi connectivity index (χ1v) is 6.97. The molecule has 1 aliphatic heterocycles. The zero-order chi connectivity index (χ0) is 14.7. The van der Waals surface area contributed by atoms with Crippen molar-refractivity contribution in [2.75, 3.05) is 31.5 Å². The largest absolute Gasteiger partial charge is 0.363 e. The van der Waals surface area contributed by atoms with Crippen molar-refractivity contribution < 1.29 is 9.32 Å². The van der Waals surface area contributed by atoms with Gasteiger partial charge in [0, 0.05) is 38.1 Å². The van der Waals surface area contributed by atoms with E-state index in [0.717, 1.165) is 18.9 Å². The molecule has 2 amide bonds. The second-order valence-corrected chi connectivity index (χ2v) is 4.88. The van der Waals surface area contributed by atoms with E-state index in [0.29, 0.717) is 18.9 Å². The SMILES string of the molecule is CCN1CCN(C(=O)Nc2ccon2)CC1c1ncc[nH]1. The minimum Gasteiger partial charge on any atom is -0.363 e. The van der Waals surface area contributed by atoms with E-state index in [4.69, 9.17) is 4.52 Å². The van der Waals surface area contributed by atoms with Gasteiger partial charge in [0.2, 0.25) is 0 Å². The number of likely N-dealkylation sites (N-methyl/N-ethyl adjacent to an activating group) is 1. The molecular weight excluding hydrogens is 272 g/mol. The molecule has 1 saturated heterocycles. The lowest BCUT2D eigenvalue weighted by Crippen LogP contribution is -2.51. The zero-order valence-corrected chi connectivity index (χ0v) is 11.8. The van der Waals surface area contributed by atoms with E-state index in [9.17, 15) is 4.79 Å². The molecule has 1 atom stereocenters. The molecule has 8 heteroatoms. The summed E-state index contributed by atoms with van der Waals surface area (Å²) in [6, 6.07) is 1.53. The molecule has 8 nitrogen and oxygen atoms in total. The Balaban J connectivity index is 1.69. The van der Waals surface area contributed by atoms with Crippen molar-refractivity contribution in [3.63, 3.8) is 0 Å². The van der Waals surface area contributed by atoms with Gasteiger partial charge in [-0.15, -0.1) is 0 Å². The maximum atomic E-state index is 12.3. The van der Waals surface area contributed by atoms with Gasteiger partial charge < -0.3 is 14.4 Å². The number of hydrogen-bond donors (Lipinski definition) is 2. The molecular formula is C13H18N6O2. The van der Waals surface area contributed by atoms with E-state index < -0.39 is 0 Å². The number of carbonyl (C=O) groups is 1. The summed E-state index contributed by atoms with van der Waals surface area (Å²) < 4.78 is 4.71. The van der Waals surface area contributed by atoms with Crippen LogP contribution >= 0.6 is 0 Å². The number of aromatic amines is 1. The van der Waals surface area contributed by atoms with Crippen LogP contribution in [-0.4, -0.2) is 57.1 Å². The molecule has 0 aromatic carbocycles. The summed E-state index contributed by atoms with van der Waals surface area (Å²) in [5.74, 6) is 1.31. The van der Waals surface area contributed by atoms with Gasteiger partial charge in [-0.1, -0.05) is 12.1 Å². The average Bonchev–Trinajstić information content (AvgIpc) is 3.19. The summed E-state index contributed by atoms with van der Waals surface area (Å²) in [5, 5.41) is 6.41. The van der Waals surface area contributed by atoms with Crippen LogP contribution in [0.2, 0.25) is 0 Å². The molecule has 1 fully saturated rings. The number of aromatic nitrogens is 3. The molecule has 0 radical (unpaired) electrons. The fraction of sp³-hybridized carbons (Fsp3) is 0.462. The second-order valence-electron chi connectivity index (χ2n) is 4.88. The molecule has 21 heavy (non-hydrogen) atoms. The predicted octanol–water partition coefficient (Wildman–Crippen LogP) is 1.31. The number of imidazole rings is 1. The van der Waals surface area contributed by atoms with Crippen LogP contribution in [-0.2, 0) is 0 Å². The molecule has 0 spiro atoms. The lowest BCUT2D eigenvalue weighted by Gasteiger charge is -2.39. The summed E-state index contributed by atoms with van der Waals surface area (Å²) in [4.78, 5) is 23.8. The molecule has 2 N–H and O–H groups in total. The van der Waals surface area contributed by atoms with Gasteiger partial charge in [0.25, 0.3) is 0 Å². The molecule has 3 heterocycles. The highest BCUT2D eigenvalue weighted by atomic mass is 16.5. The number of amides is 2. The average molecular weight is 290 g/mol. The topological polar surface area (TPSA) is 90.3 Å². The molecule has 1 aliphatic rings. The highest BCUT2D eigenvalue weighted by Gasteiger charge is 2.31. The van der Waals surface area contributed by atoms with Gasteiger partial charge in [0.1, 0.15) is 12.1 Å². The molecule has 1 unspecified atom stereocenters. The van der Waals surface area contributed by atoms with Crippen LogP contribution in [0.3, 0.4) is 0 Å². The van der Waals surface area contributed by atoms with Crippen LogP contribution in [0.4, 0.5) is 10.6 Å². The van der Waals surface area contributed by atoms with Gasteiger partial charge in [-0.05, 0) is 6.54 Å². The van der Waals surface area contributed by atoms with Crippen LogP contribution < -0.4 is 5.32 Å². The van der Waals surface area contributed by atoms with Crippen LogP contribution in [0.1, 0.15) is 18.8 Å². The van der Waals surface area contributed by atoms with Crippen LogP contribution in [0.5, 0.6) is 0 Å². The Morgan fingerprint density at radius 3 is 3.14 bits per heavy atom. The molecule has 0 aliphatic carbocycles. The van der Waals surface area contributed by atoms with Gasteiger partial charge in [-0.25, -0.2) is 9.78 Å². The van der Waals surface area contributed by atoms with E-state index in [-0.39, 0.29) is 12.1 Å². The van der Waals surface area contributed by atoms with Crippen molar-refractivity contribution in [3.05, 3.63) is 30.5 Å². The van der Waals surface area contributed by atoms with Crippen LogP contribution in [0.25, 0.3) is 0 Å². The number of carbonyl (C=O) groups excluding carboxylic acids is 1. The smallest absolute Gasteiger partial charge is 0.323 e. The Kier molecular flexibility index (Phi) is 3.87. The second kappa shape index (κ2) is 5.96. The van der Waals surface area contributed by atoms with Crippen molar-refractivity contribution >= 4 is 11.8 Å². The number of H-pyrrole nitrogens is 1. The Hall–Kier alpha value is -2.35. The predicted molar refractivity (Wildman–Crippen MR) is 75.7 cm³/mol. The lowest BCUT2D eigenvalue weighted by atomic mass is 10.1. The number of piperazine rings is 1. The van der Waals surface area contributed by atoms with Crippen LogP contribution in [0, 0.1) is 0 Å². The fourth-order valence-electron chi connectivity index (χ4n) is 2.57. The normalized spacial score (nSPS) is 19.7. The molecule has 3 rings (SSSR count). The molecule has 0 bridgehead atoms. The Morgan fingerprint density at radius 2 is 2.48 bits per heavy atom. The maximum absolute atomic E-state index is 12.3. The Labute approximate surface area is 122 Å². The highest BCUT2D eigenvalue weighted by Crippen LogP contribution is 2.22. The summed E-state index contributed by atoms with van der Waals surface area (Å²) in [6.07, 6.45) is 4.96. The van der Waals surface area contributed by atoms with E-state index in [1.165, 1.54) is 6.26 Å². The monoisotopic (exact) mass is 290 g/mol. The number of nitrogens with zero attached hydrogens (tertiary/aromatic N) is 4. The standard InChI is InChI=1S/C13H18N6O2/c1-2-18-6-7-19(9-10(18)12-14-4-5-15-12)13(20)16-11-3-8-21-17-11/h3-5,8,10H,2,6-7,9H2,1H3,(H,14,15)(H,16,17,20). The third-order valence-corrected chi connectivity index (χ3v) is 3.69. The zero-order valence-electron chi connectivity index (χ0n) is 11.8. The van der Waals surface area contributed by atoms with Gasteiger partial charge in [-0.3, -0.25) is 10.2 Å². The number of urea groups is 1. The fourth-order valence-corrected chi connectivity index (χ4v) is 2.57. The Bertz CT molecular complexity index is 568. The Morgan fingerprint density at radius 1 is 1.57 bits per heavy atom. The van der Waals surface area contributed by atoms with Crippen molar-refractivity contribution in [1.82, 2.24) is 24.9 Å². The van der Waals surface area contributed by atoms with Crippen molar-refractivity contribution in [3.8, 4) is 0 Å². The van der Waals surface area contributed by atoms with E-state index >= 15 is 0 Å². The third-order valence-electron chi connectivity index (χ3n) is 3.69. The summed E-state index contributed by atoms with van der Waals surface area (Å²) >= 11 is 0. The summed E-state index contributed by atoms with van der Waals surface area (Å²) in [7, 11) is 0. The van der Waals surface area contributed by atoms with Crippen molar-refractivity contribution in [2.24, 2.45) is 0 Å². The van der Waals surface area contributed by atoms with E-state index in [1.807, 2.05) is 0 Å². The van der Waals surface area contributed by atoms with Crippen LogP contribution in [0.15, 0.2) is 29.2 Å². The number of rotatable bonds is 3. The molecule has 0 saturated carbocycles. The lowest BCUT2D eigenvalue weighted by molar-refractivity contribution is 0.0946. The third kappa shape index (κ3) is 2.89. The molecule has 112 valence electrons. The maximum Gasteiger partial charge on any atom is 0.323 e. The van der Waals surface area contributed by atoms with Gasteiger partial charge in [-0.2, -0.15) is 0 Å². The quantitative estimate of drug-likeness (QED) is 0.889. The first-order chi connectivity index (χ1) is 10.3. The number of hydrogen-bond acceptors (Lipinski definition) is 5. The van der Waals surface area contributed by atoms with E-state index in [2.05, 4.69) is 32.3 Å². The first-order valence-electron chi connectivity index (χ1n) is 6.97. The first kappa shape index (κ1) is 13.6. The van der Waals surface area contributed by atoms with Gasteiger partial charge >= 0.3 is 6.03 Å². The summed E-state index contributed by atoms with van der Waals surface area (Å²) in [5.41, 5.74) is 0. The highest BCUT2D eigenvalue weighted by molar-refractivity contribution is 5.88. The molecule has 2 aromatic rings. The molecule has 2 aromatic heterocycles. The van der Waals surface area contributed by atoms with Gasteiger partial charge in [0.15, 0.2) is 5.82 Å². The van der Waals surface area contributed by atoms with Gasteiger partial charge in [0.05, 0.1) is 6.04 Å². The van der Waals surface area contributed by atoms with Crippen molar-refractivity contribution in [1.29, 1.82) is 0 Å². The number of nitrogens with one attached hydrogen (secondary N) is 2. The van der Waals surface area contributed by atoms with Crippen molar-refractivity contribution in [2.45, 2.75) is 13.0 Å². The summed E-state index contributed by atoms with van der Waals surface area (Å²) in [6.45, 7) is 5.11. The number of anilines is 1.